The molecule has 2 aromatic heterocycles. The van der Waals surface area contributed by atoms with Crippen LogP contribution in [0.2, 0.25) is 0 Å². The Bertz CT molecular complexity index is 1170. The van der Waals surface area contributed by atoms with Gasteiger partial charge in [-0.25, -0.2) is 0 Å². The molecule has 2 N–H and O–H groups in total. The Hall–Kier alpha value is -3.78. The fraction of sp³-hybridized carbons (Fsp3) is 0.0476. The molecule has 0 atom stereocenters. The number of nitrogens with one attached hydrogen (secondary N) is 2. The van der Waals surface area contributed by atoms with Gasteiger partial charge in [0, 0.05) is 21.7 Å². The van der Waals surface area contributed by atoms with E-state index in [1.807, 2.05) is 43.3 Å². The van der Waals surface area contributed by atoms with E-state index in [2.05, 4.69) is 20.8 Å². The Kier molecular flexibility index (Phi) is 5.17. The van der Waals surface area contributed by atoms with Gasteiger partial charge in [0.05, 0.1) is 4.88 Å². The minimum Gasteiger partial charge on any atom is -0.403 e. The summed E-state index contributed by atoms with van der Waals surface area (Å²) in [5.41, 5.74) is 1.63. The standard InChI is InChI=1S/C21H16N4O3S/c1-13-10-11-17(29-13)19(27)22-16-9-5-8-15(12-16)18(26)23-21-25-24-20(28-21)14-6-3-2-4-7-14/h2-12H,1H3,(H,22,27)(H,23,25,26). The third-order valence-electron chi connectivity index (χ3n) is 4.01. The van der Waals surface area contributed by atoms with E-state index in [1.165, 1.54) is 11.3 Å². The van der Waals surface area contributed by atoms with Crippen LogP contribution >= 0.6 is 11.3 Å². The fourth-order valence-corrected chi connectivity index (χ4v) is 3.39. The minimum atomic E-state index is -0.420. The molecule has 7 nitrogen and oxygen atoms in total. The molecule has 0 bridgehead atoms. The summed E-state index contributed by atoms with van der Waals surface area (Å²) in [5.74, 6) is -0.324. The van der Waals surface area contributed by atoms with Crippen molar-refractivity contribution in [3.05, 3.63) is 82.0 Å². The zero-order valence-electron chi connectivity index (χ0n) is 15.4. The van der Waals surface area contributed by atoms with Crippen molar-refractivity contribution in [2.75, 3.05) is 10.6 Å². The Labute approximate surface area is 170 Å². The van der Waals surface area contributed by atoms with E-state index >= 15 is 0 Å². The van der Waals surface area contributed by atoms with E-state index in [1.54, 1.807) is 30.3 Å². The average Bonchev–Trinajstić information content (AvgIpc) is 3.38. The SMILES string of the molecule is Cc1ccc(C(=O)Nc2cccc(C(=O)Nc3nnc(-c4ccccc4)o3)c2)s1. The second-order valence-corrected chi connectivity index (χ2v) is 7.47. The number of anilines is 2. The molecule has 0 radical (unpaired) electrons. The van der Waals surface area contributed by atoms with Gasteiger partial charge in [0.1, 0.15) is 0 Å². The Morgan fingerprint density at radius 1 is 0.897 bits per heavy atom. The molecular formula is C21H16N4O3S. The molecule has 8 heteroatoms. The van der Waals surface area contributed by atoms with Gasteiger partial charge in [0.15, 0.2) is 0 Å². The second-order valence-electron chi connectivity index (χ2n) is 6.18. The molecule has 0 spiro atoms. The van der Waals surface area contributed by atoms with Gasteiger partial charge in [-0.15, -0.1) is 16.4 Å². The van der Waals surface area contributed by atoms with Gasteiger partial charge in [-0.05, 0) is 49.4 Å². The molecular weight excluding hydrogens is 388 g/mol. The Balaban J connectivity index is 1.45. The number of hydrogen-bond donors (Lipinski definition) is 2. The summed E-state index contributed by atoms with van der Waals surface area (Å²) in [5, 5.41) is 13.2. The Morgan fingerprint density at radius 2 is 1.72 bits per heavy atom. The molecule has 2 heterocycles. The number of carbonyl (C=O) groups is 2. The summed E-state index contributed by atoms with van der Waals surface area (Å²) >= 11 is 1.41. The third-order valence-corrected chi connectivity index (χ3v) is 5.01. The highest BCUT2D eigenvalue weighted by molar-refractivity contribution is 7.14. The largest absolute Gasteiger partial charge is 0.403 e. The quantitative estimate of drug-likeness (QED) is 0.506. The first kappa shape index (κ1) is 18.6. The number of rotatable bonds is 5. The maximum absolute atomic E-state index is 12.5. The minimum absolute atomic E-state index is 0.00245. The number of thiophene rings is 1. The van der Waals surface area contributed by atoms with Gasteiger partial charge in [0.25, 0.3) is 11.8 Å². The molecule has 144 valence electrons. The van der Waals surface area contributed by atoms with Crippen LogP contribution in [0.1, 0.15) is 24.9 Å². The lowest BCUT2D eigenvalue weighted by atomic mass is 10.2. The van der Waals surface area contributed by atoms with Crippen LogP contribution in [-0.2, 0) is 0 Å². The molecule has 0 aliphatic heterocycles. The molecule has 4 aromatic rings. The number of carbonyl (C=O) groups excluding carboxylic acids is 2. The van der Waals surface area contributed by atoms with Crippen molar-refractivity contribution in [3.63, 3.8) is 0 Å². The lowest BCUT2D eigenvalue weighted by Gasteiger charge is -2.06. The molecule has 0 aliphatic carbocycles. The first-order valence-corrected chi connectivity index (χ1v) is 9.58. The highest BCUT2D eigenvalue weighted by Crippen LogP contribution is 2.21. The molecule has 0 fully saturated rings. The van der Waals surface area contributed by atoms with E-state index in [-0.39, 0.29) is 11.9 Å². The van der Waals surface area contributed by atoms with Gasteiger partial charge in [0.2, 0.25) is 5.89 Å². The maximum Gasteiger partial charge on any atom is 0.322 e. The van der Waals surface area contributed by atoms with Crippen LogP contribution in [0.25, 0.3) is 11.5 Å². The van der Waals surface area contributed by atoms with Crippen molar-refractivity contribution in [3.8, 4) is 11.5 Å². The number of aromatic nitrogens is 2. The molecule has 0 saturated heterocycles. The van der Waals surface area contributed by atoms with E-state index in [0.29, 0.717) is 22.0 Å². The first-order valence-electron chi connectivity index (χ1n) is 8.76. The Morgan fingerprint density at radius 3 is 2.48 bits per heavy atom. The fourth-order valence-electron chi connectivity index (χ4n) is 2.63. The lowest BCUT2D eigenvalue weighted by molar-refractivity contribution is 0.101. The van der Waals surface area contributed by atoms with Gasteiger partial charge < -0.3 is 9.73 Å². The monoisotopic (exact) mass is 404 g/mol. The van der Waals surface area contributed by atoms with E-state index < -0.39 is 5.91 Å². The van der Waals surface area contributed by atoms with Gasteiger partial charge >= 0.3 is 6.01 Å². The number of amides is 2. The molecule has 0 saturated carbocycles. The van der Waals surface area contributed by atoms with Crippen molar-refractivity contribution in [1.29, 1.82) is 0 Å². The van der Waals surface area contributed by atoms with Crippen LogP contribution in [0.3, 0.4) is 0 Å². The number of aryl methyl sites for hydroxylation is 1. The smallest absolute Gasteiger partial charge is 0.322 e. The van der Waals surface area contributed by atoms with Crippen molar-refractivity contribution >= 4 is 34.9 Å². The van der Waals surface area contributed by atoms with Crippen molar-refractivity contribution < 1.29 is 14.0 Å². The van der Waals surface area contributed by atoms with Crippen LogP contribution in [0.5, 0.6) is 0 Å². The summed E-state index contributed by atoms with van der Waals surface area (Å²) in [6.45, 7) is 1.94. The summed E-state index contributed by atoms with van der Waals surface area (Å²) in [4.78, 5) is 26.5. The molecule has 2 amide bonds. The molecule has 4 rings (SSSR count). The normalized spacial score (nSPS) is 10.5. The third kappa shape index (κ3) is 4.39. The van der Waals surface area contributed by atoms with Crippen molar-refractivity contribution in [1.82, 2.24) is 10.2 Å². The summed E-state index contributed by atoms with van der Waals surface area (Å²) in [6, 6.07) is 19.5. The van der Waals surface area contributed by atoms with E-state index in [0.717, 1.165) is 10.4 Å². The van der Waals surface area contributed by atoms with E-state index in [4.69, 9.17) is 4.42 Å². The molecule has 0 aliphatic rings. The van der Waals surface area contributed by atoms with Crippen LogP contribution in [0.15, 0.2) is 71.1 Å². The zero-order valence-corrected chi connectivity index (χ0v) is 16.2. The zero-order chi connectivity index (χ0) is 20.2. The second kappa shape index (κ2) is 8.07. The van der Waals surface area contributed by atoms with Gasteiger partial charge in [-0.2, -0.15) is 0 Å². The van der Waals surface area contributed by atoms with Crippen LogP contribution < -0.4 is 10.6 Å². The topological polar surface area (TPSA) is 97.1 Å². The number of nitrogens with zero attached hydrogens (tertiary/aromatic N) is 2. The van der Waals surface area contributed by atoms with E-state index in [9.17, 15) is 9.59 Å². The van der Waals surface area contributed by atoms with Crippen LogP contribution in [-0.4, -0.2) is 22.0 Å². The highest BCUT2D eigenvalue weighted by atomic mass is 32.1. The van der Waals surface area contributed by atoms with Gasteiger partial charge in [-0.1, -0.05) is 29.4 Å². The van der Waals surface area contributed by atoms with Crippen molar-refractivity contribution in [2.24, 2.45) is 0 Å². The van der Waals surface area contributed by atoms with Crippen LogP contribution in [0.4, 0.5) is 11.7 Å². The molecule has 2 aromatic carbocycles. The van der Waals surface area contributed by atoms with Gasteiger partial charge in [-0.3, -0.25) is 14.9 Å². The highest BCUT2D eigenvalue weighted by Gasteiger charge is 2.14. The van der Waals surface area contributed by atoms with Crippen molar-refractivity contribution in [2.45, 2.75) is 6.92 Å². The lowest BCUT2D eigenvalue weighted by Crippen LogP contribution is -2.14. The number of benzene rings is 2. The number of hydrogen-bond acceptors (Lipinski definition) is 6. The summed E-state index contributed by atoms with van der Waals surface area (Å²) in [7, 11) is 0. The predicted molar refractivity (Wildman–Crippen MR) is 111 cm³/mol. The maximum atomic E-state index is 12.5. The average molecular weight is 404 g/mol. The predicted octanol–water partition coefficient (Wildman–Crippen LogP) is 4.61. The molecule has 29 heavy (non-hydrogen) atoms. The molecule has 0 unspecified atom stereocenters. The first-order chi connectivity index (χ1) is 14.1. The summed E-state index contributed by atoms with van der Waals surface area (Å²) < 4.78 is 5.49. The summed E-state index contributed by atoms with van der Waals surface area (Å²) in [6.07, 6.45) is 0. The van der Waals surface area contributed by atoms with Crippen LogP contribution in [0, 0.1) is 6.92 Å².